The fourth-order valence-electron chi connectivity index (χ4n) is 4.92. The second kappa shape index (κ2) is 12.1. The largest absolute Gasteiger partial charge is 0.393 e. The first-order valence-corrected chi connectivity index (χ1v) is 13.7. The van der Waals surface area contributed by atoms with Gasteiger partial charge in [-0.05, 0) is 111 Å². The first-order chi connectivity index (χ1) is 19.4. The number of nitrogens with zero attached hydrogens (tertiary/aromatic N) is 2. The molecule has 1 fully saturated rings. The highest BCUT2D eigenvalue weighted by atomic mass is 16.3. The minimum atomic E-state index is -0.212. The molecule has 4 N–H and O–H groups in total. The molecule has 0 aliphatic carbocycles. The minimum Gasteiger partial charge on any atom is -0.393 e. The predicted molar refractivity (Wildman–Crippen MR) is 161 cm³/mol. The van der Waals surface area contributed by atoms with Crippen LogP contribution in [0.2, 0.25) is 0 Å². The van der Waals surface area contributed by atoms with Crippen LogP contribution >= 0.6 is 0 Å². The Bertz CT molecular complexity index is 1470. The molecule has 2 heterocycles. The molecule has 8 nitrogen and oxygen atoms in total. The molecule has 1 aliphatic heterocycles. The third-order valence-electron chi connectivity index (χ3n) is 7.27. The maximum atomic E-state index is 12.8. The van der Waals surface area contributed by atoms with Gasteiger partial charge in [-0.25, -0.2) is 0 Å². The summed E-state index contributed by atoms with van der Waals surface area (Å²) in [6, 6.07) is 24.6. The third-order valence-corrected chi connectivity index (χ3v) is 7.27. The van der Waals surface area contributed by atoms with Crippen LogP contribution in [0, 0.1) is 6.92 Å². The zero-order valence-electron chi connectivity index (χ0n) is 22.9. The number of aromatic nitrogens is 1. The van der Waals surface area contributed by atoms with Crippen LogP contribution in [0.3, 0.4) is 0 Å². The van der Waals surface area contributed by atoms with E-state index in [1.165, 1.54) is 0 Å². The van der Waals surface area contributed by atoms with Crippen LogP contribution in [0.5, 0.6) is 0 Å². The van der Waals surface area contributed by atoms with E-state index in [-0.39, 0.29) is 17.9 Å². The van der Waals surface area contributed by atoms with Gasteiger partial charge in [0.2, 0.25) is 0 Å². The molecule has 0 spiro atoms. The Balaban J connectivity index is 1.16. The van der Waals surface area contributed by atoms with Crippen LogP contribution in [0.25, 0.3) is 0 Å². The van der Waals surface area contributed by atoms with Crippen molar-refractivity contribution < 1.29 is 14.7 Å². The van der Waals surface area contributed by atoms with Crippen LogP contribution in [0.15, 0.2) is 85.1 Å². The van der Waals surface area contributed by atoms with Crippen molar-refractivity contribution in [2.24, 2.45) is 0 Å². The SMILES string of the molecule is CCn1cccc1C(=O)Nc1ccc(Nc2ccc(NC(=O)c3ccc(N4CCC(O)CC4)cc3)cc2C)cc1. The summed E-state index contributed by atoms with van der Waals surface area (Å²) in [5.41, 5.74) is 6.52. The number of aliphatic hydroxyl groups excluding tert-OH is 1. The average Bonchev–Trinajstić information content (AvgIpc) is 3.45. The van der Waals surface area contributed by atoms with Crippen LogP contribution < -0.4 is 20.9 Å². The monoisotopic (exact) mass is 537 g/mol. The van der Waals surface area contributed by atoms with E-state index in [1.54, 1.807) is 0 Å². The van der Waals surface area contributed by atoms with Gasteiger partial charge in [0.1, 0.15) is 5.69 Å². The van der Waals surface area contributed by atoms with Gasteiger partial charge in [-0.2, -0.15) is 0 Å². The number of piperidine rings is 1. The molecule has 1 saturated heterocycles. The number of rotatable bonds is 8. The Morgan fingerprint density at radius 3 is 2.17 bits per heavy atom. The Labute approximate surface area is 234 Å². The van der Waals surface area contributed by atoms with Crippen molar-refractivity contribution in [2.75, 3.05) is 33.9 Å². The highest BCUT2D eigenvalue weighted by molar-refractivity contribution is 6.05. The molecule has 0 radical (unpaired) electrons. The molecule has 1 aromatic heterocycles. The first-order valence-electron chi connectivity index (χ1n) is 13.7. The molecule has 0 unspecified atom stereocenters. The van der Waals surface area contributed by atoms with Crippen LogP contribution in [0.1, 0.15) is 46.2 Å². The first kappa shape index (κ1) is 27.0. The Morgan fingerprint density at radius 1 is 0.850 bits per heavy atom. The van der Waals surface area contributed by atoms with Gasteiger partial charge in [0, 0.05) is 59.8 Å². The second-order valence-electron chi connectivity index (χ2n) is 10.1. The van der Waals surface area contributed by atoms with E-state index in [4.69, 9.17) is 0 Å². The molecular formula is C32H35N5O3. The lowest BCUT2D eigenvalue weighted by Crippen LogP contribution is -2.35. The van der Waals surface area contributed by atoms with Gasteiger partial charge in [0.25, 0.3) is 11.8 Å². The summed E-state index contributed by atoms with van der Waals surface area (Å²) < 4.78 is 1.90. The summed E-state index contributed by atoms with van der Waals surface area (Å²) in [6.45, 7) is 6.37. The molecular weight excluding hydrogens is 502 g/mol. The number of amides is 2. The molecule has 40 heavy (non-hydrogen) atoms. The molecule has 0 bridgehead atoms. The van der Waals surface area contributed by atoms with Crippen molar-refractivity contribution in [2.45, 2.75) is 39.3 Å². The number of aryl methyl sites for hydroxylation is 2. The average molecular weight is 538 g/mol. The number of hydrogen-bond acceptors (Lipinski definition) is 5. The van der Waals surface area contributed by atoms with Gasteiger partial charge in [-0.3, -0.25) is 9.59 Å². The Hall–Kier alpha value is -4.56. The smallest absolute Gasteiger partial charge is 0.272 e. The van der Waals surface area contributed by atoms with E-state index in [9.17, 15) is 14.7 Å². The van der Waals surface area contributed by atoms with E-state index in [0.29, 0.717) is 11.3 Å². The number of aliphatic hydroxyl groups is 1. The fourth-order valence-corrected chi connectivity index (χ4v) is 4.92. The molecule has 5 rings (SSSR count). The van der Waals surface area contributed by atoms with Crippen LogP contribution in [-0.2, 0) is 6.54 Å². The summed E-state index contributed by atoms with van der Waals surface area (Å²) >= 11 is 0. The molecule has 206 valence electrons. The van der Waals surface area contributed by atoms with Crippen molar-refractivity contribution in [1.29, 1.82) is 0 Å². The second-order valence-corrected chi connectivity index (χ2v) is 10.1. The molecule has 0 saturated carbocycles. The van der Waals surface area contributed by atoms with Crippen molar-refractivity contribution in [3.8, 4) is 0 Å². The number of carbonyl (C=O) groups excluding carboxylic acids is 2. The van der Waals surface area contributed by atoms with Crippen molar-refractivity contribution in [3.63, 3.8) is 0 Å². The maximum Gasteiger partial charge on any atom is 0.272 e. The van der Waals surface area contributed by atoms with Crippen LogP contribution in [-0.4, -0.2) is 40.7 Å². The zero-order valence-corrected chi connectivity index (χ0v) is 22.9. The lowest BCUT2D eigenvalue weighted by molar-refractivity contribution is 0.101. The highest BCUT2D eigenvalue weighted by Gasteiger charge is 2.17. The quantitative estimate of drug-likeness (QED) is 0.220. The Kier molecular flexibility index (Phi) is 8.17. The summed E-state index contributed by atoms with van der Waals surface area (Å²) in [5.74, 6) is -0.302. The van der Waals surface area contributed by atoms with Crippen LogP contribution in [0.4, 0.5) is 28.4 Å². The van der Waals surface area contributed by atoms with E-state index < -0.39 is 0 Å². The lowest BCUT2D eigenvalue weighted by Gasteiger charge is -2.31. The number of nitrogens with one attached hydrogen (secondary N) is 3. The molecule has 8 heteroatoms. The molecule has 0 atom stereocenters. The van der Waals surface area contributed by atoms with Gasteiger partial charge < -0.3 is 30.5 Å². The standard InChI is InChI=1S/C32H35N5O3/c1-3-36-18-4-5-30(36)32(40)34-25-10-8-24(9-11-25)33-29-15-12-26(21-22(29)2)35-31(39)23-6-13-27(14-7-23)37-19-16-28(38)17-20-37/h4-15,18,21,28,33,38H,3,16-17,19-20H2,1-2H3,(H,34,40)(H,35,39). The molecule has 1 aliphatic rings. The predicted octanol–water partition coefficient (Wildman–Crippen LogP) is 6.03. The van der Waals surface area contributed by atoms with Gasteiger partial charge >= 0.3 is 0 Å². The summed E-state index contributed by atoms with van der Waals surface area (Å²) in [7, 11) is 0. The van der Waals surface area contributed by atoms with Crippen molar-refractivity contribution in [3.05, 3.63) is 102 Å². The van der Waals surface area contributed by atoms with E-state index in [1.807, 2.05) is 103 Å². The molecule has 2 amide bonds. The Morgan fingerprint density at radius 2 is 1.50 bits per heavy atom. The van der Waals surface area contributed by atoms with Gasteiger partial charge in [0.15, 0.2) is 0 Å². The normalized spacial score (nSPS) is 13.6. The summed E-state index contributed by atoms with van der Waals surface area (Å²) in [6.07, 6.45) is 3.22. The van der Waals surface area contributed by atoms with Gasteiger partial charge in [0.05, 0.1) is 6.10 Å². The summed E-state index contributed by atoms with van der Waals surface area (Å²) in [5, 5.41) is 19.1. The molecule has 3 aromatic carbocycles. The van der Waals surface area contributed by atoms with E-state index in [2.05, 4.69) is 20.9 Å². The number of benzene rings is 3. The number of anilines is 5. The third kappa shape index (κ3) is 6.35. The highest BCUT2D eigenvalue weighted by Crippen LogP contribution is 2.26. The van der Waals surface area contributed by atoms with Gasteiger partial charge in [-0.1, -0.05) is 0 Å². The summed E-state index contributed by atoms with van der Waals surface area (Å²) in [4.78, 5) is 27.7. The number of hydrogen-bond donors (Lipinski definition) is 4. The van der Waals surface area contributed by atoms with Crippen molar-refractivity contribution in [1.82, 2.24) is 4.57 Å². The molecule has 4 aromatic rings. The lowest BCUT2D eigenvalue weighted by atomic mass is 10.1. The van der Waals surface area contributed by atoms with E-state index >= 15 is 0 Å². The van der Waals surface area contributed by atoms with Crippen molar-refractivity contribution >= 4 is 40.3 Å². The fraction of sp³-hybridized carbons (Fsp3) is 0.250. The minimum absolute atomic E-state index is 0.139. The maximum absolute atomic E-state index is 12.8. The zero-order chi connectivity index (χ0) is 28.1. The van der Waals surface area contributed by atoms with E-state index in [0.717, 1.165) is 66.5 Å². The van der Waals surface area contributed by atoms with Gasteiger partial charge in [-0.15, -0.1) is 0 Å². The number of carbonyl (C=O) groups is 2. The topological polar surface area (TPSA) is 98.6 Å².